The van der Waals surface area contributed by atoms with Gasteiger partial charge in [0.05, 0.1) is 22.8 Å². The van der Waals surface area contributed by atoms with Gasteiger partial charge >= 0.3 is 19.5 Å². The van der Waals surface area contributed by atoms with Gasteiger partial charge in [0.15, 0.2) is 0 Å². The summed E-state index contributed by atoms with van der Waals surface area (Å²) >= 11 is 0. The summed E-state index contributed by atoms with van der Waals surface area (Å²) in [5.41, 5.74) is 9.64. The van der Waals surface area contributed by atoms with Gasteiger partial charge in [0.25, 0.3) is 0 Å². The Morgan fingerprint density at radius 3 is 0.973 bits per heavy atom. The molecule has 2 aliphatic rings. The zero-order valence-electron chi connectivity index (χ0n) is 48.3. The Balaban J connectivity index is 0.000000615. The maximum absolute atomic E-state index is 4.85. The summed E-state index contributed by atoms with van der Waals surface area (Å²) in [7, 11) is 0. The van der Waals surface area contributed by atoms with E-state index in [2.05, 4.69) is 97.5 Å². The summed E-state index contributed by atoms with van der Waals surface area (Å²) in [5, 5.41) is 0. The minimum atomic E-state index is 0. The van der Waals surface area contributed by atoms with E-state index in [1.54, 1.807) is 0 Å². The van der Waals surface area contributed by atoms with Crippen LogP contribution >= 0.6 is 0 Å². The van der Waals surface area contributed by atoms with Crippen molar-refractivity contribution in [2.24, 2.45) is 0 Å². The van der Waals surface area contributed by atoms with Gasteiger partial charge in [0.2, 0.25) is 0 Å². The fourth-order valence-electron chi connectivity index (χ4n) is 10.8. The van der Waals surface area contributed by atoms with Gasteiger partial charge in [-0.3, -0.25) is 0 Å². The Morgan fingerprint density at radius 1 is 0.324 bits per heavy atom. The third-order valence-corrected chi connectivity index (χ3v) is 15.4. The van der Waals surface area contributed by atoms with Crippen molar-refractivity contribution in [3.8, 4) is 0 Å². The van der Waals surface area contributed by atoms with Crippen LogP contribution in [0.1, 0.15) is 325 Å². The average Bonchev–Trinajstić information content (AvgIpc) is 4.22. The van der Waals surface area contributed by atoms with Crippen molar-refractivity contribution >= 4 is 46.4 Å². The monoisotopic (exact) mass is 1150 g/mol. The summed E-state index contributed by atoms with van der Waals surface area (Å²) in [6.07, 6.45) is 72.5. The van der Waals surface area contributed by atoms with Crippen LogP contribution in [0.2, 0.25) is 0 Å². The molecule has 2 aliphatic heterocycles. The fourth-order valence-corrected chi connectivity index (χ4v) is 10.8. The molecular formula is C68H111N4RuZn. The summed E-state index contributed by atoms with van der Waals surface area (Å²) in [5.74, 6) is 0. The number of nitrogens with one attached hydrogen (secondary N) is 2. The first-order valence-corrected chi connectivity index (χ1v) is 31.5. The van der Waals surface area contributed by atoms with Crippen molar-refractivity contribution in [1.82, 2.24) is 19.9 Å². The van der Waals surface area contributed by atoms with Gasteiger partial charge in [0.1, 0.15) is 0 Å². The zero-order valence-corrected chi connectivity index (χ0v) is 53.0. The number of aryl methyl sites for hydroxylation is 1. The first-order valence-electron chi connectivity index (χ1n) is 31.5. The van der Waals surface area contributed by atoms with Crippen LogP contribution in [0, 0.1) is 6.92 Å². The largest absolute Gasteiger partial charge is 1.00 e. The molecule has 0 amide bonds. The molecule has 3 aromatic rings. The van der Waals surface area contributed by atoms with Crippen LogP contribution in [0.3, 0.4) is 0 Å². The van der Waals surface area contributed by atoms with Crippen LogP contribution in [-0.4, -0.2) is 19.9 Å². The Kier molecular flexibility index (Phi) is 44.1. The maximum atomic E-state index is 4.85. The van der Waals surface area contributed by atoms with Gasteiger partial charge in [-0.15, -0.1) is 0 Å². The van der Waals surface area contributed by atoms with Gasteiger partial charge in [-0.05, 0) is 85.2 Å². The Labute approximate surface area is 482 Å². The van der Waals surface area contributed by atoms with Crippen LogP contribution < -0.4 is 0 Å². The van der Waals surface area contributed by atoms with E-state index in [4.69, 9.17) is 9.97 Å². The Morgan fingerprint density at radius 2 is 0.622 bits per heavy atom. The van der Waals surface area contributed by atoms with E-state index >= 15 is 0 Å². The van der Waals surface area contributed by atoms with Gasteiger partial charge in [-0.25, -0.2) is 9.97 Å². The molecule has 0 fully saturated rings. The number of fused-ring (bicyclic) bond motifs is 8. The molecule has 5 heterocycles. The summed E-state index contributed by atoms with van der Waals surface area (Å²) in [6.45, 7) is 8.51. The quantitative estimate of drug-likeness (QED) is 0.0232. The van der Waals surface area contributed by atoms with Crippen molar-refractivity contribution in [2.45, 2.75) is 303 Å². The number of aromatic amines is 2. The molecule has 5 rings (SSSR count). The molecule has 0 unspecified atom stereocenters. The molecular weight excluding hydrogens is 1040 g/mol. The number of nitrogens with zero attached hydrogens (tertiary/aromatic N) is 2. The molecule has 0 saturated carbocycles. The van der Waals surface area contributed by atoms with Gasteiger partial charge in [-0.2, -0.15) is 6.42 Å². The second kappa shape index (κ2) is 48.0. The molecule has 0 aromatic carbocycles. The van der Waals surface area contributed by atoms with E-state index in [1.807, 2.05) is 0 Å². The number of hydrogen-bond donors (Lipinski definition) is 2. The van der Waals surface area contributed by atoms with E-state index in [-0.39, 0.29) is 39.0 Å². The van der Waals surface area contributed by atoms with E-state index < -0.39 is 0 Å². The Bertz CT molecular complexity index is 1950. The molecule has 0 atom stereocenters. The molecule has 8 bridgehead atoms. The standard InChI is InChI=1S/C44H62N4.C24H49.Ru.Zn/c1-2-3-4-5-6-7-8-9-10-11-12-13-14-15-16-17-18-19-20-21-22-23-24-36-31-43-34-41-28-27-39(46-41)32-37-25-26-38(45-37)33-40-29-30-42(47-40)35-44(36)48-43;1-3-5-7-9-11-13-15-17-19-21-23-24-22-20-18-16-14-12-10-8-6-4-2;;/h25-35,46,48H,2-24H2,1H3;1,3-24H2,2H3;;/q;-1;+1;. The number of unbranched alkanes of at least 4 members (excludes halogenated alkanes) is 42. The number of H-pyrrole nitrogens is 2. The molecule has 3 aromatic heterocycles. The third-order valence-electron chi connectivity index (χ3n) is 15.4. The van der Waals surface area contributed by atoms with Gasteiger partial charge in [0, 0.05) is 41.5 Å². The van der Waals surface area contributed by atoms with Crippen molar-refractivity contribution < 1.29 is 39.0 Å². The predicted octanol–water partition coefficient (Wildman–Crippen LogP) is 23.2. The van der Waals surface area contributed by atoms with Crippen LogP contribution in [0.5, 0.6) is 0 Å². The maximum Gasteiger partial charge on any atom is 1.00 e. The Hall–Kier alpha value is -2.15. The molecule has 74 heavy (non-hydrogen) atoms. The molecule has 0 saturated heterocycles. The molecule has 0 spiro atoms. The van der Waals surface area contributed by atoms with Crippen LogP contribution in [0.4, 0.5) is 0 Å². The minimum absolute atomic E-state index is 0. The third kappa shape index (κ3) is 34.6. The molecule has 2 N–H and O–H groups in total. The van der Waals surface area contributed by atoms with Crippen LogP contribution in [0.25, 0.3) is 46.4 Å². The van der Waals surface area contributed by atoms with E-state index in [0.717, 1.165) is 52.2 Å². The number of rotatable bonds is 44. The second-order valence-electron chi connectivity index (χ2n) is 22.3. The van der Waals surface area contributed by atoms with Gasteiger partial charge < -0.3 is 16.9 Å². The van der Waals surface area contributed by atoms with E-state index in [9.17, 15) is 0 Å². The minimum Gasteiger partial charge on any atom is -0.355 e. The average molecular weight is 1150 g/mol. The molecule has 4 nitrogen and oxygen atoms in total. The molecule has 1 radical (unpaired) electrons. The predicted molar refractivity (Wildman–Crippen MR) is 322 cm³/mol. The molecule has 413 valence electrons. The normalized spacial score (nSPS) is 11.7. The van der Waals surface area contributed by atoms with Crippen molar-refractivity contribution in [3.05, 3.63) is 77.7 Å². The second-order valence-corrected chi connectivity index (χ2v) is 22.3. The smallest absolute Gasteiger partial charge is 0.355 e. The summed E-state index contributed by atoms with van der Waals surface area (Å²) < 4.78 is 0. The zero-order chi connectivity index (χ0) is 50.6. The summed E-state index contributed by atoms with van der Waals surface area (Å²) in [4.78, 5) is 16.8. The van der Waals surface area contributed by atoms with Crippen LogP contribution in [0.15, 0.2) is 42.5 Å². The molecule has 6 heteroatoms. The summed E-state index contributed by atoms with van der Waals surface area (Å²) in [6, 6.07) is 15.1. The van der Waals surface area contributed by atoms with Crippen molar-refractivity contribution in [3.63, 3.8) is 0 Å². The van der Waals surface area contributed by atoms with Gasteiger partial charge in [-0.1, -0.05) is 284 Å². The molecule has 0 aliphatic carbocycles. The van der Waals surface area contributed by atoms with Crippen molar-refractivity contribution in [1.29, 1.82) is 0 Å². The SMILES string of the molecule is CCCCCCCCCCCCCCCCCCCCCCCCc1cc2cc3ccc(cc4nc(cc5nc(cc1[nH]2)C=C5)C=C4)[nH]3.[CH2-]CCCCCCCCCCCCCCCCCCCCCCC.[Ru+].[Zn]. The fraction of sp³-hybridized carbons (Fsp3) is 0.691. The first kappa shape index (κ1) is 68.0. The topological polar surface area (TPSA) is 57.4 Å². The number of aromatic nitrogens is 4. The number of hydrogen-bond acceptors (Lipinski definition) is 2. The first-order chi connectivity index (χ1) is 35.7. The van der Waals surface area contributed by atoms with E-state index in [1.165, 1.54) is 287 Å². The van der Waals surface area contributed by atoms with E-state index in [0.29, 0.717) is 0 Å². The van der Waals surface area contributed by atoms with Crippen LogP contribution in [-0.2, 0) is 45.4 Å². The van der Waals surface area contributed by atoms with Crippen molar-refractivity contribution in [2.75, 3.05) is 0 Å².